The van der Waals surface area contributed by atoms with E-state index in [1.54, 1.807) is 0 Å². The number of fused-ring (bicyclic) bond motifs is 10. The first-order valence-electron chi connectivity index (χ1n) is 34.6. The average Bonchev–Trinajstić information content (AvgIpc) is 0.845. The van der Waals surface area contributed by atoms with E-state index in [0.717, 1.165) is 99.7 Å². The molecule has 0 amide bonds. The average molecular weight is 1320 g/mol. The molecule has 2 aliphatic heterocycles. The first kappa shape index (κ1) is 61.3. The number of anilines is 6. The molecule has 0 bridgehead atoms. The van der Waals surface area contributed by atoms with Crippen LogP contribution in [0.2, 0.25) is 0 Å². The van der Waals surface area contributed by atoms with Crippen LogP contribution < -0.4 is 9.80 Å². The molecule has 14 aromatic carbocycles. The molecule has 0 unspecified atom stereocenters. The molecule has 0 saturated heterocycles. The summed E-state index contributed by atoms with van der Waals surface area (Å²) < 4.78 is 4.26. The Hall–Kier alpha value is -13.0. The van der Waals surface area contributed by atoms with E-state index in [1.165, 1.54) is 0 Å². The second kappa shape index (κ2) is 23.9. The van der Waals surface area contributed by atoms with E-state index in [-0.39, 0.29) is 23.1 Å². The zero-order valence-corrected chi connectivity index (χ0v) is 56.6. The Bertz CT molecular complexity index is 5970. The van der Waals surface area contributed by atoms with Crippen molar-refractivity contribution in [2.24, 2.45) is 0 Å². The van der Waals surface area contributed by atoms with Crippen LogP contribution in [0.25, 0.3) is 66.1 Å². The van der Waals surface area contributed by atoms with Gasteiger partial charge in [0.25, 0.3) is 0 Å². The van der Waals surface area contributed by atoms with Gasteiger partial charge in [0, 0.05) is 76.9 Å². The third kappa shape index (κ3) is 9.58. The fraction of sp³-hybridized carbons (Fsp3) is 0.0638. The monoisotopic (exact) mass is 1310 g/mol. The summed E-state index contributed by atoms with van der Waals surface area (Å²) in [6.45, 7) is 8.96. The number of aromatic nitrogens is 2. The summed E-state index contributed by atoms with van der Waals surface area (Å²) in [4.78, 5) is 68.5. The summed E-state index contributed by atoms with van der Waals surface area (Å²) in [5.74, 6) is -0.857. The summed E-state index contributed by atoms with van der Waals surface area (Å²) in [6.07, 6.45) is 0. The molecule has 4 heterocycles. The lowest BCUT2D eigenvalue weighted by Crippen LogP contribution is -2.32. The lowest BCUT2D eigenvalue weighted by molar-refractivity contribution is 0.102. The van der Waals surface area contributed by atoms with Crippen molar-refractivity contribution in [3.05, 3.63) is 394 Å². The van der Waals surface area contributed by atoms with Gasteiger partial charge in [0.15, 0.2) is 23.1 Å². The number of benzene rings is 14. The number of para-hydroxylation sites is 8. The van der Waals surface area contributed by atoms with E-state index >= 15 is 19.2 Å². The van der Waals surface area contributed by atoms with Gasteiger partial charge in [-0.1, -0.05) is 276 Å². The van der Waals surface area contributed by atoms with Crippen molar-refractivity contribution in [1.82, 2.24) is 9.13 Å². The van der Waals surface area contributed by atoms with Crippen LogP contribution in [0.1, 0.15) is 114 Å². The Morgan fingerprint density at radius 1 is 0.225 bits per heavy atom. The zero-order valence-electron chi connectivity index (χ0n) is 56.6. The number of carbonyl (C=O) groups excluding carboxylic acids is 4. The topological polar surface area (TPSA) is 84.6 Å². The lowest BCUT2D eigenvalue weighted by atomic mass is 9.73. The largest absolute Gasteiger partial charge is 0.309 e. The van der Waals surface area contributed by atoms with Crippen LogP contribution in [0.3, 0.4) is 0 Å². The van der Waals surface area contributed by atoms with Gasteiger partial charge in [-0.25, -0.2) is 0 Å². The number of hydrogen-bond acceptors (Lipinski definition) is 6. The van der Waals surface area contributed by atoms with Crippen LogP contribution in [0.4, 0.5) is 34.1 Å². The predicted octanol–water partition coefficient (Wildman–Crippen LogP) is 22.7. The molecule has 2 aromatic heterocycles. The minimum absolute atomic E-state index is 0.182. The Kier molecular flexibility index (Phi) is 14.3. The molecule has 2 aliphatic rings. The highest BCUT2D eigenvalue weighted by atomic mass is 16.1. The zero-order chi connectivity index (χ0) is 69.1. The van der Waals surface area contributed by atoms with Crippen LogP contribution in [-0.4, -0.2) is 32.3 Å². The van der Waals surface area contributed by atoms with Gasteiger partial charge in [-0.2, -0.15) is 0 Å². The Morgan fingerprint density at radius 2 is 0.500 bits per heavy atom. The molecule has 0 radical (unpaired) electrons. The fourth-order valence-electron chi connectivity index (χ4n) is 16.3. The van der Waals surface area contributed by atoms with Gasteiger partial charge in [-0.05, 0) is 112 Å². The van der Waals surface area contributed by atoms with Crippen molar-refractivity contribution in [2.75, 3.05) is 9.80 Å². The summed E-state index contributed by atoms with van der Waals surface area (Å²) >= 11 is 0. The smallest absolute Gasteiger partial charge is 0.195 e. The van der Waals surface area contributed by atoms with E-state index in [4.69, 9.17) is 0 Å². The molecule has 486 valence electrons. The molecule has 8 nitrogen and oxygen atoms in total. The summed E-state index contributed by atoms with van der Waals surface area (Å²) in [6, 6.07) is 108. The second-order valence-corrected chi connectivity index (χ2v) is 27.7. The van der Waals surface area contributed by atoms with Gasteiger partial charge in [0.1, 0.15) is 0 Å². The van der Waals surface area contributed by atoms with Gasteiger partial charge in [0.2, 0.25) is 0 Å². The third-order valence-corrected chi connectivity index (χ3v) is 21.3. The highest BCUT2D eigenvalue weighted by Crippen LogP contribution is 2.57. The van der Waals surface area contributed by atoms with Gasteiger partial charge in [-0.3, -0.25) is 19.2 Å². The van der Waals surface area contributed by atoms with E-state index < -0.39 is 10.8 Å². The van der Waals surface area contributed by atoms with Crippen molar-refractivity contribution in [3.8, 4) is 22.5 Å². The van der Waals surface area contributed by atoms with Crippen molar-refractivity contribution in [1.29, 1.82) is 0 Å². The second-order valence-electron chi connectivity index (χ2n) is 27.7. The fourth-order valence-corrected chi connectivity index (χ4v) is 16.3. The molecular formula is C94H66N4O4. The molecule has 0 fully saturated rings. The maximum Gasteiger partial charge on any atom is 0.195 e. The highest BCUT2D eigenvalue weighted by molar-refractivity contribution is 6.22. The molecule has 0 aliphatic carbocycles. The number of rotatable bonds is 13. The maximum atomic E-state index is 16.5. The molecule has 0 N–H and O–H groups in total. The number of hydrogen-bond donors (Lipinski definition) is 0. The van der Waals surface area contributed by atoms with Crippen molar-refractivity contribution < 1.29 is 19.2 Å². The summed E-state index contributed by atoms with van der Waals surface area (Å²) in [5, 5.41) is 4.06. The SMILES string of the molecule is CC1(C)c2ccccc2N(c2cc(C(=O)c3ccc(-c4cccc(C(=O)c5cc(-n6c7ccccc7c7ccccc76)c(C(=O)c6ccccc6)cc5-n5c6ccccc6c6ccccc65)c4)cc3)c(N3c4ccccc4C(C)(C)c4ccccc43)cc2C(=O)c2ccccc2)c2ccccc21. The number of nitrogens with zero attached hydrogens (tertiary/aromatic N) is 4. The summed E-state index contributed by atoms with van der Waals surface area (Å²) in [7, 11) is 0. The van der Waals surface area contributed by atoms with Gasteiger partial charge >= 0.3 is 0 Å². The van der Waals surface area contributed by atoms with Gasteiger partial charge < -0.3 is 18.9 Å². The highest BCUT2D eigenvalue weighted by Gasteiger charge is 2.42. The van der Waals surface area contributed by atoms with Crippen LogP contribution >= 0.6 is 0 Å². The molecule has 102 heavy (non-hydrogen) atoms. The number of ketones is 4. The Balaban J connectivity index is 0.810. The van der Waals surface area contributed by atoms with Crippen LogP contribution in [0.5, 0.6) is 0 Å². The molecule has 8 heteroatoms. The first-order valence-corrected chi connectivity index (χ1v) is 34.6. The predicted molar refractivity (Wildman–Crippen MR) is 414 cm³/mol. The molecular weight excluding hydrogens is 1250 g/mol. The van der Waals surface area contributed by atoms with E-state index in [9.17, 15) is 0 Å². The standard InChI is InChI=1S/C94H66N4O4/c1-93(2)73-38-15-23-46-81(73)97(82-47-24-16-39-74(82)93)87-57-71(88(56-70(87)90(100)61-30-9-6-10-31-61)98-83-48-25-17-40-75(83)94(3,4)76-41-18-26-49-84(76)98)91(101)62-52-50-59(51-53-62)63-32-27-33-64(54-63)92(102)72-58-85(95-77-42-19-11-34-65(77)66-35-12-20-43-78(66)95)69(89(99)60-28-7-5-8-29-60)55-86(72)96-79-44-21-13-36-67(79)68-37-14-22-45-80(68)96/h5-58H,1-4H3. The maximum absolute atomic E-state index is 16.5. The molecule has 0 atom stereocenters. The quantitative estimate of drug-likeness (QED) is 0.107. The third-order valence-electron chi connectivity index (χ3n) is 21.3. The number of carbonyl (C=O) groups is 4. The van der Waals surface area contributed by atoms with Gasteiger partial charge in [0.05, 0.1) is 67.6 Å². The summed E-state index contributed by atoms with van der Waals surface area (Å²) in [5.41, 5.74) is 18.1. The lowest BCUT2D eigenvalue weighted by Gasteiger charge is -2.44. The normalized spacial score (nSPS) is 13.4. The van der Waals surface area contributed by atoms with Crippen LogP contribution in [0.15, 0.2) is 328 Å². The van der Waals surface area contributed by atoms with E-state index in [1.807, 2.05) is 206 Å². The first-order chi connectivity index (χ1) is 49.8. The Labute approximate surface area is 590 Å². The van der Waals surface area contributed by atoms with Gasteiger partial charge in [-0.15, -0.1) is 0 Å². The minimum Gasteiger partial charge on any atom is -0.309 e. The molecule has 0 spiro atoms. The van der Waals surface area contributed by atoms with Crippen molar-refractivity contribution in [2.45, 2.75) is 38.5 Å². The minimum atomic E-state index is -0.416. The van der Waals surface area contributed by atoms with Crippen LogP contribution in [-0.2, 0) is 10.8 Å². The molecule has 18 rings (SSSR count). The van der Waals surface area contributed by atoms with Crippen LogP contribution in [0, 0.1) is 0 Å². The van der Waals surface area contributed by atoms with E-state index in [0.29, 0.717) is 67.3 Å². The van der Waals surface area contributed by atoms with Crippen molar-refractivity contribution in [3.63, 3.8) is 0 Å². The molecule has 0 saturated carbocycles. The molecule has 16 aromatic rings. The van der Waals surface area contributed by atoms with Crippen molar-refractivity contribution >= 4 is 101 Å². The van der Waals surface area contributed by atoms with E-state index in [2.05, 4.69) is 168 Å². The Morgan fingerprint density at radius 3 is 0.863 bits per heavy atom.